The van der Waals surface area contributed by atoms with Crippen LogP contribution in [0, 0.1) is 6.92 Å². The summed E-state index contributed by atoms with van der Waals surface area (Å²) in [6, 6.07) is 21.1. The number of para-hydroxylation sites is 1. The quantitative estimate of drug-likeness (QED) is 0.318. The first-order valence-corrected chi connectivity index (χ1v) is 11.9. The van der Waals surface area contributed by atoms with Gasteiger partial charge in [0.25, 0.3) is 5.82 Å². The zero-order valence-corrected chi connectivity index (χ0v) is 21.7. The number of aromatic nitrogens is 1. The van der Waals surface area contributed by atoms with E-state index in [0.717, 1.165) is 17.1 Å². The van der Waals surface area contributed by atoms with E-state index in [9.17, 15) is 0 Å². The molecular weight excluding hydrogens is 393 g/mol. The summed E-state index contributed by atoms with van der Waals surface area (Å²) in [7, 11) is 3.82. The van der Waals surface area contributed by atoms with Crippen LogP contribution in [0.2, 0.25) is 6.82 Å². The monoisotopic (exact) mass is 434 g/mol. The first-order chi connectivity index (χ1) is 15.6. The lowest BCUT2D eigenvalue weighted by molar-refractivity contribution is -0.658. The molecule has 1 aromatic heterocycles. The van der Waals surface area contributed by atoms with Crippen molar-refractivity contribution in [3.63, 3.8) is 0 Å². The lowest BCUT2D eigenvalue weighted by Crippen LogP contribution is -2.46. The number of rotatable bonds is 3. The van der Waals surface area contributed by atoms with Crippen molar-refractivity contribution < 1.29 is 9.30 Å². The van der Waals surface area contributed by atoms with Crippen LogP contribution >= 0.6 is 0 Å². The lowest BCUT2D eigenvalue weighted by Gasteiger charge is -2.22. The van der Waals surface area contributed by atoms with Crippen molar-refractivity contribution in [3.8, 4) is 5.75 Å². The van der Waals surface area contributed by atoms with Gasteiger partial charge in [-0.1, -0.05) is 65.8 Å². The molecule has 0 bridgehead atoms. The van der Waals surface area contributed by atoms with Gasteiger partial charge in [-0.05, 0) is 44.1 Å². The van der Waals surface area contributed by atoms with Crippen molar-refractivity contribution >= 4 is 29.9 Å². The van der Waals surface area contributed by atoms with Gasteiger partial charge in [0, 0.05) is 17.3 Å². The Balaban J connectivity index is 0.000000789. The van der Waals surface area contributed by atoms with E-state index in [1.165, 1.54) is 17.1 Å². The van der Waals surface area contributed by atoms with Gasteiger partial charge in [0.1, 0.15) is 11.4 Å². The Morgan fingerprint density at radius 2 is 1.38 bits per heavy atom. The minimum absolute atomic E-state index is 0.145. The van der Waals surface area contributed by atoms with Crippen molar-refractivity contribution in [1.82, 2.24) is 0 Å². The molecule has 32 heavy (non-hydrogen) atoms. The number of benzene rings is 2. The lowest BCUT2D eigenvalue weighted by atomic mass is 9.76. The SMILES string of the molecule is CC.CC.CC.COc1ccc2c(c1C)N(c1cccc[n+]1C)B(C)N2c1ccccc1. The molecule has 0 spiro atoms. The van der Waals surface area contributed by atoms with Crippen LogP contribution in [0.1, 0.15) is 47.1 Å². The number of nitrogens with zero attached hydrogens (tertiary/aromatic N) is 3. The number of aryl methyl sites for hydroxylation is 1. The second kappa shape index (κ2) is 13.5. The first-order valence-electron chi connectivity index (χ1n) is 11.9. The summed E-state index contributed by atoms with van der Waals surface area (Å²) in [4.78, 5) is 4.77. The predicted molar refractivity (Wildman–Crippen MR) is 142 cm³/mol. The van der Waals surface area contributed by atoms with E-state index in [2.05, 4.69) is 102 Å². The molecule has 1 aliphatic rings. The Morgan fingerprint density at radius 1 is 0.781 bits per heavy atom. The fraction of sp³-hybridized carbons (Fsp3) is 0.370. The highest BCUT2D eigenvalue weighted by Gasteiger charge is 2.47. The van der Waals surface area contributed by atoms with Crippen LogP contribution in [0.5, 0.6) is 5.75 Å². The van der Waals surface area contributed by atoms with Crippen LogP contribution in [0.3, 0.4) is 0 Å². The molecule has 5 heteroatoms. The number of ether oxygens (including phenoxy) is 1. The van der Waals surface area contributed by atoms with Gasteiger partial charge in [0.2, 0.25) is 0 Å². The largest absolute Gasteiger partial charge is 0.503 e. The van der Waals surface area contributed by atoms with Crippen LogP contribution in [-0.2, 0) is 7.05 Å². The highest BCUT2D eigenvalue weighted by Crippen LogP contribution is 2.49. The van der Waals surface area contributed by atoms with Gasteiger partial charge in [0.05, 0.1) is 26.0 Å². The summed E-state index contributed by atoms with van der Waals surface area (Å²) >= 11 is 0. The minimum Gasteiger partial charge on any atom is -0.496 e. The Hall–Kier alpha value is -2.95. The van der Waals surface area contributed by atoms with Crippen LogP contribution in [0.4, 0.5) is 22.9 Å². The molecule has 0 aliphatic carbocycles. The van der Waals surface area contributed by atoms with Gasteiger partial charge in [-0.3, -0.25) is 4.81 Å². The normalized spacial score (nSPS) is 11.2. The van der Waals surface area contributed by atoms with Crippen LogP contribution < -0.4 is 18.9 Å². The van der Waals surface area contributed by atoms with Gasteiger partial charge < -0.3 is 9.55 Å². The van der Waals surface area contributed by atoms with E-state index >= 15 is 0 Å². The minimum atomic E-state index is 0.145. The molecule has 3 aromatic rings. The highest BCUT2D eigenvalue weighted by molar-refractivity contribution is 6.71. The fourth-order valence-electron chi connectivity index (χ4n) is 3.90. The highest BCUT2D eigenvalue weighted by atomic mass is 16.5. The molecule has 0 radical (unpaired) electrons. The van der Waals surface area contributed by atoms with E-state index < -0.39 is 0 Å². The zero-order chi connectivity index (χ0) is 24.3. The molecule has 0 atom stereocenters. The molecule has 0 amide bonds. The molecule has 0 saturated carbocycles. The second-order valence-corrected chi connectivity index (χ2v) is 6.64. The Kier molecular flexibility index (Phi) is 11.4. The molecule has 0 fully saturated rings. The molecule has 2 aromatic carbocycles. The molecule has 0 N–H and O–H groups in total. The molecule has 4 rings (SSSR count). The van der Waals surface area contributed by atoms with E-state index in [1.807, 2.05) is 41.5 Å². The summed E-state index contributed by atoms with van der Waals surface area (Å²) in [5.41, 5.74) is 4.74. The van der Waals surface area contributed by atoms with E-state index in [-0.39, 0.29) is 6.98 Å². The van der Waals surface area contributed by atoms with Gasteiger partial charge in [-0.25, -0.2) is 4.57 Å². The van der Waals surface area contributed by atoms with Crippen molar-refractivity contribution in [2.75, 3.05) is 16.7 Å². The summed E-state index contributed by atoms with van der Waals surface area (Å²) in [6.45, 7) is 16.5. The Labute approximate surface area is 196 Å². The van der Waals surface area contributed by atoms with E-state index in [0.29, 0.717) is 0 Å². The summed E-state index contributed by atoms with van der Waals surface area (Å²) in [5, 5.41) is 0. The van der Waals surface area contributed by atoms with Crippen LogP contribution in [0.15, 0.2) is 66.9 Å². The van der Waals surface area contributed by atoms with Gasteiger partial charge in [-0.15, -0.1) is 0 Å². The first kappa shape index (κ1) is 27.1. The number of hydrogen-bond donors (Lipinski definition) is 0. The van der Waals surface area contributed by atoms with Crippen LogP contribution in [-0.4, -0.2) is 14.1 Å². The maximum atomic E-state index is 5.61. The van der Waals surface area contributed by atoms with Gasteiger partial charge in [0.15, 0.2) is 0 Å². The van der Waals surface area contributed by atoms with E-state index in [4.69, 9.17) is 4.74 Å². The average Bonchev–Trinajstić information content (AvgIpc) is 3.16. The molecule has 172 valence electrons. The maximum Gasteiger partial charge on any atom is 0.503 e. The van der Waals surface area contributed by atoms with Crippen molar-refractivity contribution in [2.24, 2.45) is 7.05 Å². The standard InChI is InChI=1S/C21H23BN3O.3C2H6/c1-16-19(26-4)14-13-18-21(16)25(20-12-8-9-15-23(20)3)22(2)24(18)17-10-6-5-7-11-17;3*1-2/h5-15H,1-4H3;3*1-2H3/q+1;;;. The number of anilines is 4. The third-order valence-corrected chi connectivity index (χ3v) is 5.14. The fourth-order valence-corrected chi connectivity index (χ4v) is 3.90. The third kappa shape index (κ3) is 5.27. The van der Waals surface area contributed by atoms with Crippen LogP contribution in [0.25, 0.3) is 0 Å². The summed E-state index contributed by atoms with van der Waals surface area (Å²) in [5.74, 6) is 2.06. The topological polar surface area (TPSA) is 19.6 Å². The average molecular weight is 434 g/mol. The second-order valence-electron chi connectivity index (χ2n) is 6.64. The number of methoxy groups -OCH3 is 1. The molecule has 4 nitrogen and oxygen atoms in total. The molecule has 2 heterocycles. The molecule has 1 aliphatic heterocycles. The van der Waals surface area contributed by atoms with Crippen molar-refractivity contribution in [1.29, 1.82) is 0 Å². The number of pyridine rings is 1. The predicted octanol–water partition coefficient (Wildman–Crippen LogP) is 7.31. The molecule has 0 saturated heterocycles. The number of fused-ring (bicyclic) bond motifs is 1. The summed E-state index contributed by atoms with van der Waals surface area (Å²) < 4.78 is 7.77. The number of hydrogen-bond acceptors (Lipinski definition) is 3. The Morgan fingerprint density at radius 3 is 1.94 bits per heavy atom. The van der Waals surface area contributed by atoms with E-state index in [1.54, 1.807) is 7.11 Å². The Bertz CT molecular complexity index is 947. The maximum absolute atomic E-state index is 5.61. The van der Waals surface area contributed by atoms with Gasteiger partial charge >= 0.3 is 6.98 Å². The zero-order valence-electron chi connectivity index (χ0n) is 21.7. The van der Waals surface area contributed by atoms with Crippen molar-refractivity contribution in [2.45, 2.75) is 55.3 Å². The molecular formula is C27H41BN3O+. The smallest absolute Gasteiger partial charge is 0.496 e. The molecule has 0 unspecified atom stereocenters. The third-order valence-electron chi connectivity index (χ3n) is 5.14. The van der Waals surface area contributed by atoms with Gasteiger partial charge in [-0.2, -0.15) is 0 Å². The summed E-state index contributed by atoms with van der Waals surface area (Å²) in [6.07, 6.45) is 2.09. The van der Waals surface area contributed by atoms with Crippen molar-refractivity contribution in [3.05, 3.63) is 72.4 Å².